The first kappa shape index (κ1) is 45.9. The predicted molar refractivity (Wildman–Crippen MR) is 224 cm³/mol. The molecule has 0 heteroatoms. The predicted octanol–water partition coefficient (Wildman–Crippen LogP) is 16.8. The van der Waals surface area contributed by atoms with E-state index in [0.717, 1.165) is 31.3 Å². The summed E-state index contributed by atoms with van der Waals surface area (Å²) < 4.78 is 0. The molecule has 3 unspecified atom stereocenters. The molecule has 0 nitrogen and oxygen atoms in total. The summed E-state index contributed by atoms with van der Waals surface area (Å²) in [4.78, 5) is 0. The lowest BCUT2D eigenvalue weighted by Gasteiger charge is -2.53. The first-order valence-electron chi connectivity index (χ1n) is 20.4. The zero-order valence-electron chi connectivity index (χ0n) is 34.9. The molecule has 1 aromatic rings. The van der Waals surface area contributed by atoms with Gasteiger partial charge in [-0.15, -0.1) is 0 Å². The number of rotatable bonds is 13. The maximum Gasteiger partial charge on any atom is 0.0190 e. The lowest BCUT2D eigenvalue weighted by molar-refractivity contribution is 0.0740. The van der Waals surface area contributed by atoms with Gasteiger partial charge in [0.15, 0.2) is 0 Å². The average Bonchev–Trinajstić information content (AvgIpc) is 3.10. The molecule has 1 aromatic carbocycles. The monoisotopic (exact) mass is 659 g/mol. The Morgan fingerprint density at radius 1 is 0.854 bits per heavy atom. The van der Waals surface area contributed by atoms with E-state index in [1.807, 2.05) is 27.7 Å². The van der Waals surface area contributed by atoms with Crippen LogP contribution >= 0.6 is 0 Å². The number of unbranched alkanes of at least 4 members (excludes halogenated alkanes) is 1. The Labute approximate surface area is 302 Å². The molecule has 0 aromatic heterocycles. The minimum Gasteiger partial charge on any atom is -0.0990 e. The van der Waals surface area contributed by atoms with Gasteiger partial charge in [0, 0.05) is 10.8 Å². The van der Waals surface area contributed by atoms with Crippen LogP contribution in [-0.2, 0) is 0 Å². The Balaban J connectivity index is 0.00000531. The maximum absolute atomic E-state index is 4.93. The molecular formula is C48H82. The second kappa shape index (κ2) is 23.3. The van der Waals surface area contributed by atoms with Crippen molar-refractivity contribution in [3.05, 3.63) is 83.5 Å². The summed E-state index contributed by atoms with van der Waals surface area (Å²) in [6.07, 6.45) is 24.4. The van der Waals surface area contributed by atoms with Gasteiger partial charge in [0.25, 0.3) is 0 Å². The van der Waals surface area contributed by atoms with Crippen molar-refractivity contribution in [1.29, 1.82) is 0 Å². The smallest absolute Gasteiger partial charge is 0.0190 e. The van der Waals surface area contributed by atoms with Gasteiger partial charge in [-0.2, -0.15) is 0 Å². The lowest BCUT2D eigenvalue weighted by Crippen LogP contribution is -2.44. The molecule has 0 spiro atoms. The van der Waals surface area contributed by atoms with Gasteiger partial charge in [-0.3, -0.25) is 0 Å². The highest BCUT2D eigenvalue weighted by Crippen LogP contribution is 2.61. The van der Waals surface area contributed by atoms with Crippen molar-refractivity contribution in [2.45, 2.75) is 187 Å². The minimum atomic E-state index is -0.0753. The number of hydrogen-bond acceptors (Lipinski definition) is 0. The Morgan fingerprint density at radius 3 is 1.94 bits per heavy atom. The zero-order valence-corrected chi connectivity index (χ0v) is 34.9. The van der Waals surface area contributed by atoms with Crippen LogP contribution in [0.3, 0.4) is 0 Å². The van der Waals surface area contributed by atoms with E-state index < -0.39 is 0 Å². The van der Waals surface area contributed by atoms with Crippen LogP contribution in [0.4, 0.5) is 0 Å². The molecule has 3 atom stereocenters. The van der Waals surface area contributed by atoms with Gasteiger partial charge in [-0.25, -0.2) is 0 Å². The Morgan fingerprint density at radius 2 is 1.46 bits per heavy atom. The molecule has 48 heavy (non-hydrogen) atoms. The number of benzene rings is 1. The van der Waals surface area contributed by atoms with Gasteiger partial charge in [0.2, 0.25) is 0 Å². The van der Waals surface area contributed by atoms with E-state index in [9.17, 15) is 0 Å². The van der Waals surface area contributed by atoms with Crippen LogP contribution in [0.5, 0.6) is 0 Å². The summed E-state index contributed by atoms with van der Waals surface area (Å²) >= 11 is 0. The molecule has 0 radical (unpaired) electrons. The summed E-state index contributed by atoms with van der Waals surface area (Å²) in [5, 5.41) is 0. The van der Waals surface area contributed by atoms with E-state index >= 15 is 0 Å². The summed E-state index contributed by atoms with van der Waals surface area (Å²) in [6.45, 7) is 41.2. The summed E-state index contributed by atoms with van der Waals surface area (Å²) in [7, 11) is 0. The third kappa shape index (κ3) is 11.0. The standard InChI is InChI=1S/C44H70.2C2H6/c1-13-19-25-39-31-33-44(32-17-5,38(18-6)21-14-2)35(9)24-20-26-40(22-15-3)43(12,42(39,10)11)41(23-16-4)37-29-27-36(28-30-37)34(7)8;2*1-2/h18,22-23,27-30,39H,7,9,13-17,19-21,24-26,31-33H2,1-6,8,10-12H3;2*1-2H3/b38-18+,40-22+,41-23-;;. The van der Waals surface area contributed by atoms with E-state index in [4.69, 9.17) is 6.58 Å². The van der Waals surface area contributed by atoms with Gasteiger partial charge in [-0.05, 0) is 106 Å². The molecule has 274 valence electrons. The normalized spacial score (nSPS) is 24.5. The van der Waals surface area contributed by atoms with E-state index in [0.29, 0.717) is 5.92 Å². The lowest BCUT2D eigenvalue weighted by atomic mass is 9.51. The SMILES string of the molecule is C=C(C)c1ccc(/C(=C/CC)C2(C)/C(=C/CC)CCCC(=C)C(CCC)(/C(=C/C)CCC)CCC(CCCC)C2(C)C)cc1.CC.CC. The van der Waals surface area contributed by atoms with Crippen molar-refractivity contribution in [2.75, 3.05) is 0 Å². The van der Waals surface area contributed by atoms with Gasteiger partial charge in [-0.1, -0.05) is 187 Å². The first-order chi connectivity index (χ1) is 22.9. The third-order valence-electron chi connectivity index (χ3n) is 11.6. The van der Waals surface area contributed by atoms with Gasteiger partial charge >= 0.3 is 0 Å². The largest absolute Gasteiger partial charge is 0.0990 e. The molecule has 1 aliphatic carbocycles. The second-order valence-electron chi connectivity index (χ2n) is 14.6. The van der Waals surface area contributed by atoms with Crippen molar-refractivity contribution in [1.82, 2.24) is 0 Å². The van der Waals surface area contributed by atoms with Crippen LogP contribution in [0, 0.1) is 22.2 Å². The quantitative estimate of drug-likeness (QED) is 0.185. The molecule has 0 aliphatic heterocycles. The van der Waals surface area contributed by atoms with Crippen LogP contribution in [0.2, 0.25) is 0 Å². The Kier molecular flexibility index (Phi) is 22.3. The molecule has 0 heterocycles. The highest BCUT2D eigenvalue weighted by molar-refractivity contribution is 5.75. The van der Waals surface area contributed by atoms with Crippen LogP contribution in [0.1, 0.15) is 198 Å². The van der Waals surface area contributed by atoms with Crippen molar-refractivity contribution in [2.24, 2.45) is 22.2 Å². The summed E-state index contributed by atoms with van der Waals surface area (Å²) in [6, 6.07) is 9.32. The van der Waals surface area contributed by atoms with E-state index in [-0.39, 0.29) is 16.2 Å². The number of hydrogen-bond donors (Lipinski definition) is 0. The maximum atomic E-state index is 4.93. The van der Waals surface area contributed by atoms with Gasteiger partial charge < -0.3 is 0 Å². The average molecular weight is 659 g/mol. The van der Waals surface area contributed by atoms with E-state index in [1.165, 1.54) is 86.5 Å². The van der Waals surface area contributed by atoms with Crippen molar-refractivity contribution >= 4 is 11.1 Å². The fraction of sp³-hybridized carbons (Fsp3) is 0.667. The molecular weight excluding hydrogens is 577 g/mol. The van der Waals surface area contributed by atoms with Crippen LogP contribution in [0.15, 0.2) is 72.4 Å². The van der Waals surface area contributed by atoms with Crippen molar-refractivity contribution in [3.8, 4) is 0 Å². The topological polar surface area (TPSA) is 0 Å². The van der Waals surface area contributed by atoms with E-state index in [1.54, 1.807) is 11.1 Å². The zero-order chi connectivity index (χ0) is 37.0. The number of allylic oxidation sites excluding steroid dienone is 8. The van der Waals surface area contributed by atoms with Gasteiger partial charge in [0.1, 0.15) is 0 Å². The minimum absolute atomic E-state index is 0.0711. The van der Waals surface area contributed by atoms with Crippen LogP contribution < -0.4 is 0 Å². The molecule has 0 N–H and O–H groups in total. The fourth-order valence-corrected chi connectivity index (χ4v) is 8.75. The molecule has 1 saturated carbocycles. The summed E-state index contributed by atoms with van der Waals surface area (Å²) in [5.41, 5.74) is 10.2. The molecule has 0 saturated heterocycles. The second-order valence-corrected chi connectivity index (χ2v) is 14.6. The van der Waals surface area contributed by atoms with Crippen molar-refractivity contribution < 1.29 is 0 Å². The molecule has 2 rings (SSSR count). The van der Waals surface area contributed by atoms with Crippen LogP contribution in [0.25, 0.3) is 11.1 Å². The van der Waals surface area contributed by atoms with Crippen LogP contribution in [-0.4, -0.2) is 0 Å². The highest BCUT2D eigenvalue weighted by atomic mass is 14.5. The molecule has 0 bridgehead atoms. The van der Waals surface area contributed by atoms with Gasteiger partial charge in [0.05, 0.1) is 0 Å². The highest BCUT2D eigenvalue weighted by Gasteiger charge is 2.51. The summed E-state index contributed by atoms with van der Waals surface area (Å²) in [5.74, 6) is 0.615. The molecule has 0 amide bonds. The van der Waals surface area contributed by atoms with Crippen molar-refractivity contribution in [3.63, 3.8) is 0 Å². The molecule has 1 fully saturated rings. The Hall–Kier alpha value is -2.08. The van der Waals surface area contributed by atoms with E-state index in [2.05, 4.69) is 118 Å². The third-order valence-corrected chi connectivity index (χ3v) is 11.6. The first-order valence-corrected chi connectivity index (χ1v) is 20.4. The fourth-order valence-electron chi connectivity index (χ4n) is 8.75. The Bertz CT molecular complexity index is 1150. The molecule has 1 aliphatic rings.